The monoisotopic (exact) mass is 372 g/mol. The maximum absolute atomic E-state index is 13.0. The zero-order valence-electron chi connectivity index (χ0n) is 15.0. The molecule has 0 unspecified atom stereocenters. The molecule has 0 aliphatic carbocycles. The molecule has 0 bridgehead atoms. The van der Waals surface area contributed by atoms with Crippen molar-refractivity contribution in [1.82, 2.24) is 4.90 Å². The van der Waals surface area contributed by atoms with Crippen LogP contribution < -0.4 is 10.2 Å². The summed E-state index contributed by atoms with van der Waals surface area (Å²) in [5.41, 5.74) is 2.14. The molecule has 8 heteroatoms. The van der Waals surface area contributed by atoms with Crippen LogP contribution in [0.2, 0.25) is 0 Å². The van der Waals surface area contributed by atoms with E-state index in [0.29, 0.717) is 18.8 Å². The largest absolute Gasteiger partial charge is 0.369 e. The molecule has 1 fully saturated rings. The fourth-order valence-corrected chi connectivity index (χ4v) is 3.07. The molecule has 1 N–H and O–H groups in total. The number of carbonyl (C=O) groups is 1. The van der Waals surface area contributed by atoms with Crippen molar-refractivity contribution < 1.29 is 14.1 Å². The Morgan fingerprint density at radius 3 is 2.44 bits per heavy atom. The summed E-state index contributed by atoms with van der Waals surface area (Å²) in [7, 11) is 0. The van der Waals surface area contributed by atoms with Crippen molar-refractivity contribution in [2.24, 2.45) is 0 Å². The van der Waals surface area contributed by atoms with E-state index in [0.717, 1.165) is 24.3 Å². The topological polar surface area (TPSA) is 78.7 Å². The summed E-state index contributed by atoms with van der Waals surface area (Å²) in [5, 5.41) is 13.7. The quantitative estimate of drug-likeness (QED) is 0.645. The van der Waals surface area contributed by atoms with Crippen LogP contribution in [0.25, 0.3) is 0 Å². The highest BCUT2D eigenvalue weighted by molar-refractivity contribution is 5.93. The van der Waals surface area contributed by atoms with Crippen LogP contribution in [0.1, 0.15) is 5.56 Å². The SMILES string of the molecule is Cc1ccc([N+](=O)[O-])cc1NC(=O)CN1CCN(c2ccc(F)cc2)CC1. The van der Waals surface area contributed by atoms with Gasteiger partial charge in [0.15, 0.2) is 0 Å². The summed E-state index contributed by atoms with van der Waals surface area (Å²) >= 11 is 0. The van der Waals surface area contributed by atoms with Gasteiger partial charge in [-0.25, -0.2) is 4.39 Å². The number of nitro benzene ring substituents is 1. The van der Waals surface area contributed by atoms with Crippen LogP contribution in [0.15, 0.2) is 42.5 Å². The summed E-state index contributed by atoms with van der Waals surface area (Å²) in [6, 6.07) is 10.8. The molecule has 2 aromatic rings. The van der Waals surface area contributed by atoms with Crippen molar-refractivity contribution in [2.45, 2.75) is 6.92 Å². The minimum absolute atomic E-state index is 0.0520. The molecular formula is C19H21FN4O3. The number of piperazine rings is 1. The second-order valence-electron chi connectivity index (χ2n) is 6.54. The molecule has 1 heterocycles. The van der Waals surface area contributed by atoms with Crippen LogP contribution in [0.3, 0.4) is 0 Å². The first-order valence-corrected chi connectivity index (χ1v) is 8.70. The zero-order valence-corrected chi connectivity index (χ0v) is 15.0. The van der Waals surface area contributed by atoms with Gasteiger partial charge in [-0.2, -0.15) is 0 Å². The molecule has 0 saturated carbocycles. The first kappa shape index (κ1) is 18.8. The second kappa shape index (κ2) is 8.13. The molecule has 1 saturated heterocycles. The van der Waals surface area contributed by atoms with Crippen molar-refractivity contribution in [1.29, 1.82) is 0 Å². The zero-order chi connectivity index (χ0) is 19.4. The Morgan fingerprint density at radius 1 is 1.15 bits per heavy atom. The second-order valence-corrected chi connectivity index (χ2v) is 6.54. The number of carbonyl (C=O) groups excluding carboxylic acids is 1. The summed E-state index contributed by atoms with van der Waals surface area (Å²) in [6.07, 6.45) is 0. The van der Waals surface area contributed by atoms with Gasteiger partial charge in [-0.05, 0) is 36.8 Å². The van der Waals surface area contributed by atoms with Crippen LogP contribution in [-0.2, 0) is 4.79 Å². The maximum atomic E-state index is 13.0. The first-order valence-electron chi connectivity index (χ1n) is 8.70. The number of aryl methyl sites for hydroxylation is 1. The third-order valence-corrected chi connectivity index (χ3v) is 4.64. The van der Waals surface area contributed by atoms with Gasteiger partial charge in [-0.15, -0.1) is 0 Å². The number of nitrogens with one attached hydrogen (secondary N) is 1. The Labute approximate surface area is 156 Å². The van der Waals surface area contributed by atoms with E-state index in [1.54, 1.807) is 25.1 Å². The average molecular weight is 372 g/mol. The van der Waals surface area contributed by atoms with E-state index >= 15 is 0 Å². The molecule has 7 nitrogen and oxygen atoms in total. The number of halogens is 1. The van der Waals surface area contributed by atoms with E-state index in [2.05, 4.69) is 10.2 Å². The summed E-state index contributed by atoms with van der Waals surface area (Å²) in [6.45, 7) is 4.92. The number of benzene rings is 2. The van der Waals surface area contributed by atoms with Gasteiger partial charge >= 0.3 is 0 Å². The standard InChI is InChI=1S/C19H21FN4O3/c1-14-2-5-17(24(26)27)12-18(14)21-19(25)13-22-8-10-23(11-9-22)16-6-3-15(20)4-7-16/h2-7,12H,8-11,13H2,1H3,(H,21,25). The highest BCUT2D eigenvalue weighted by Crippen LogP contribution is 2.22. The van der Waals surface area contributed by atoms with Crippen molar-refractivity contribution in [2.75, 3.05) is 42.9 Å². The van der Waals surface area contributed by atoms with Gasteiger partial charge in [-0.3, -0.25) is 19.8 Å². The molecule has 2 aromatic carbocycles. The van der Waals surface area contributed by atoms with Crippen LogP contribution in [-0.4, -0.2) is 48.5 Å². The number of hydrogen-bond donors (Lipinski definition) is 1. The lowest BCUT2D eigenvalue weighted by molar-refractivity contribution is -0.384. The van der Waals surface area contributed by atoms with Crippen LogP contribution in [0.4, 0.5) is 21.5 Å². The van der Waals surface area contributed by atoms with Crippen LogP contribution >= 0.6 is 0 Å². The predicted octanol–water partition coefficient (Wildman–Crippen LogP) is 2.80. The molecule has 3 rings (SSSR count). The van der Waals surface area contributed by atoms with Crippen molar-refractivity contribution in [3.63, 3.8) is 0 Å². The lowest BCUT2D eigenvalue weighted by Crippen LogP contribution is -2.48. The molecule has 27 heavy (non-hydrogen) atoms. The molecular weight excluding hydrogens is 351 g/mol. The highest BCUT2D eigenvalue weighted by Gasteiger charge is 2.20. The molecule has 1 amide bonds. The fraction of sp³-hybridized carbons (Fsp3) is 0.316. The number of anilines is 2. The van der Waals surface area contributed by atoms with Gasteiger partial charge in [0.1, 0.15) is 5.82 Å². The summed E-state index contributed by atoms with van der Waals surface area (Å²) in [5.74, 6) is -0.459. The Balaban J connectivity index is 1.53. The minimum atomic E-state index is -0.482. The number of nitro groups is 1. The van der Waals surface area contributed by atoms with Gasteiger partial charge in [0.2, 0.25) is 5.91 Å². The Kier molecular flexibility index (Phi) is 5.66. The summed E-state index contributed by atoms with van der Waals surface area (Å²) < 4.78 is 13.0. The van der Waals surface area contributed by atoms with Crippen LogP contribution in [0.5, 0.6) is 0 Å². The number of amides is 1. The smallest absolute Gasteiger partial charge is 0.271 e. The lowest BCUT2D eigenvalue weighted by Gasteiger charge is -2.35. The van der Waals surface area contributed by atoms with E-state index in [1.165, 1.54) is 24.3 Å². The molecule has 0 spiro atoms. The van der Waals surface area contributed by atoms with E-state index < -0.39 is 4.92 Å². The van der Waals surface area contributed by atoms with Gasteiger partial charge in [-0.1, -0.05) is 6.07 Å². The number of non-ortho nitro benzene ring substituents is 1. The molecule has 0 radical (unpaired) electrons. The molecule has 0 aromatic heterocycles. The van der Waals surface area contributed by atoms with Crippen LogP contribution in [0, 0.1) is 22.9 Å². The Hall–Kier alpha value is -3.00. The van der Waals surface area contributed by atoms with E-state index in [1.807, 2.05) is 4.90 Å². The number of rotatable bonds is 5. The third kappa shape index (κ3) is 4.79. The van der Waals surface area contributed by atoms with E-state index in [9.17, 15) is 19.3 Å². The van der Waals surface area contributed by atoms with E-state index in [-0.39, 0.29) is 24.0 Å². The maximum Gasteiger partial charge on any atom is 0.271 e. The minimum Gasteiger partial charge on any atom is -0.369 e. The van der Waals surface area contributed by atoms with Gasteiger partial charge in [0.05, 0.1) is 17.2 Å². The molecule has 142 valence electrons. The predicted molar refractivity (Wildman–Crippen MR) is 102 cm³/mol. The van der Waals surface area contributed by atoms with Crippen molar-refractivity contribution in [3.8, 4) is 0 Å². The average Bonchev–Trinajstić information content (AvgIpc) is 2.64. The number of nitrogens with zero attached hydrogens (tertiary/aromatic N) is 3. The van der Waals surface area contributed by atoms with Gasteiger partial charge in [0.25, 0.3) is 5.69 Å². The normalized spacial score (nSPS) is 14.8. The van der Waals surface area contributed by atoms with Crippen molar-refractivity contribution >= 4 is 23.0 Å². The number of hydrogen-bond acceptors (Lipinski definition) is 5. The van der Waals surface area contributed by atoms with Gasteiger partial charge < -0.3 is 10.2 Å². The third-order valence-electron chi connectivity index (χ3n) is 4.64. The summed E-state index contributed by atoms with van der Waals surface area (Å²) in [4.78, 5) is 26.9. The van der Waals surface area contributed by atoms with E-state index in [4.69, 9.17) is 0 Å². The fourth-order valence-electron chi connectivity index (χ4n) is 3.07. The Bertz CT molecular complexity index is 833. The Morgan fingerprint density at radius 2 is 1.81 bits per heavy atom. The first-order chi connectivity index (χ1) is 12.9. The molecule has 1 aliphatic heterocycles. The lowest BCUT2D eigenvalue weighted by atomic mass is 10.2. The molecule has 0 atom stereocenters. The molecule has 1 aliphatic rings. The highest BCUT2D eigenvalue weighted by atomic mass is 19.1. The van der Waals surface area contributed by atoms with Gasteiger partial charge in [0, 0.05) is 44.0 Å². The van der Waals surface area contributed by atoms with Crippen molar-refractivity contribution in [3.05, 3.63) is 64.0 Å².